The predicted octanol–water partition coefficient (Wildman–Crippen LogP) is -0.127. The molecule has 80 valence electrons. The van der Waals surface area contributed by atoms with E-state index in [2.05, 4.69) is 4.99 Å². The summed E-state index contributed by atoms with van der Waals surface area (Å²) < 4.78 is 0. The van der Waals surface area contributed by atoms with E-state index in [1.807, 2.05) is 0 Å². The van der Waals surface area contributed by atoms with Crippen LogP contribution in [0.25, 0.3) is 0 Å². The third-order valence-corrected chi connectivity index (χ3v) is 1.63. The molecule has 0 radical (unpaired) electrons. The first-order valence-corrected chi connectivity index (χ1v) is 4.16. The minimum absolute atomic E-state index is 0.263. The highest BCUT2D eigenvalue weighted by Crippen LogP contribution is 2.12. The van der Waals surface area contributed by atoms with Crippen molar-refractivity contribution in [2.75, 3.05) is 0 Å². The van der Waals surface area contributed by atoms with Crippen molar-refractivity contribution in [3.05, 3.63) is 39.9 Å². The lowest BCUT2D eigenvalue weighted by Crippen LogP contribution is -2.35. The molecule has 15 heavy (non-hydrogen) atoms. The molecule has 0 heterocycles. The van der Waals surface area contributed by atoms with E-state index < -0.39 is 5.03 Å². The smallest absolute Gasteiger partial charge is 0.256 e. The number of nitrogens with zero attached hydrogens (tertiary/aromatic N) is 2. The summed E-state index contributed by atoms with van der Waals surface area (Å²) >= 11 is 0. The van der Waals surface area contributed by atoms with E-state index in [-0.39, 0.29) is 5.96 Å². The van der Waals surface area contributed by atoms with Crippen LogP contribution in [0.2, 0.25) is 0 Å². The quantitative estimate of drug-likeness (QED) is 0.277. The monoisotopic (exact) mass is 209 g/mol. The Morgan fingerprint density at radius 1 is 1.47 bits per heavy atom. The van der Waals surface area contributed by atoms with Crippen LogP contribution in [-0.4, -0.2) is 11.0 Å². The van der Waals surface area contributed by atoms with Crippen LogP contribution in [0, 0.1) is 10.1 Å². The summed E-state index contributed by atoms with van der Waals surface area (Å²) in [4.78, 5) is 13.8. The van der Waals surface area contributed by atoms with Crippen molar-refractivity contribution < 1.29 is 5.03 Å². The van der Waals surface area contributed by atoms with Crippen LogP contribution < -0.4 is 16.9 Å². The van der Waals surface area contributed by atoms with Crippen molar-refractivity contribution in [2.45, 2.75) is 6.54 Å². The van der Waals surface area contributed by atoms with Gasteiger partial charge in [-0.1, -0.05) is 17.6 Å². The van der Waals surface area contributed by atoms with Crippen molar-refractivity contribution in [1.29, 1.82) is 0 Å². The average Bonchev–Trinajstić information content (AvgIpc) is 2.17. The first kappa shape index (κ1) is 10.9. The Balaban J connectivity index is 2.75. The van der Waals surface area contributed by atoms with Gasteiger partial charge in [0.25, 0.3) is 5.96 Å². The van der Waals surface area contributed by atoms with E-state index in [4.69, 9.17) is 11.5 Å². The molecule has 5 N–H and O–H groups in total. The highest BCUT2D eigenvalue weighted by Gasteiger charge is 1.99. The maximum atomic E-state index is 10.0. The second-order valence-corrected chi connectivity index (χ2v) is 2.74. The number of nitrogens with one attached hydrogen (secondary N) is 1. The summed E-state index contributed by atoms with van der Waals surface area (Å²) in [5.74, 6) is -0.263. The van der Waals surface area contributed by atoms with E-state index in [0.717, 1.165) is 5.56 Å². The third kappa shape index (κ3) is 3.61. The molecule has 0 aliphatic rings. The predicted molar refractivity (Wildman–Crippen MR) is 55.7 cm³/mol. The Morgan fingerprint density at radius 2 is 2.07 bits per heavy atom. The summed E-state index contributed by atoms with van der Waals surface area (Å²) in [5.41, 5.74) is 13.9. The second-order valence-electron chi connectivity index (χ2n) is 2.74. The van der Waals surface area contributed by atoms with Crippen molar-refractivity contribution in [2.24, 2.45) is 16.5 Å². The van der Waals surface area contributed by atoms with Crippen LogP contribution in [0.5, 0.6) is 0 Å². The minimum atomic E-state index is -0.771. The van der Waals surface area contributed by atoms with Gasteiger partial charge in [0.15, 0.2) is 5.03 Å². The molecule has 1 aromatic carbocycles. The van der Waals surface area contributed by atoms with E-state index >= 15 is 0 Å². The Morgan fingerprint density at radius 3 is 2.53 bits per heavy atom. The summed E-state index contributed by atoms with van der Waals surface area (Å²) in [6.07, 6.45) is 0. The molecule has 0 bridgehead atoms. The zero-order valence-corrected chi connectivity index (χ0v) is 7.88. The van der Waals surface area contributed by atoms with E-state index in [1.54, 1.807) is 29.7 Å². The van der Waals surface area contributed by atoms with Crippen molar-refractivity contribution in [1.82, 2.24) is 5.43 Å². The van der Waals surface area contributed by atoms with Gasteiger partial charge in [-0.3, -0.25) is 0 Å². The van der Waals surface area contributed by atoms with Gasteiger partial charge in [0.2, 0.25) is 0 Å². The largest absolute Gasteiger partial charge is 0.365 e. The van der Waals surface area contributed by atoms with Crippen LogP contribution in [0.15, 0.2) is 29.3 Å². The number of aliphatic imine (C=N–C) groups is 1. The first-order chi connectivity index (χ1) is 7.11. The molecule has 0 saturated carbocycles. The van der Waals surface area contributed by atoms with Crippen LogP contribution in [-0.2, 0) is 6.54 Å². The minimum Gasteiger partial charge on any atom is -0.365 e. The maximum Gasteiger partial charge on any atom is 0.256 e. The molecule has 0 fully saturated rings. The van der Waals surface area contributed by atoms with Gasteiger partial charge >= 0.3 is 0 Å². The molecule has 0 atom stereocenters. The number of guanidine groups is 1. The molecule has 0 spiro atoms. The van der Waals surface area contributed by atoms with E-state index in [9.17, 15) is 10.1 Å². The highest BCUT2D eigenvalue weighted by atomic mass is 16.7. The van der Waals surface area contributed by atoms with Crippen LogP contribution >= 0.6 is 0 Å². The molecule has 7 nitrogen and oxygen atoms in total. The molecule has 0 saturated heterocycles. The molecule has 7 heteroatoms. The molecule has 0 aliphatic carbocycles. The topological polar surface area (TPSA) is 120 Å². The third-order valence-electron chi connectivity index (χ3n) is 1.63. The van der Waals surface area contributed by atoms with Crippen LogP contribution in [0.1, 0.15) is 5.56 Å². The number of benzene rings is 1. The van der Waals surface area contributed by atoms with Gasteiger partial charge in [0.05, 0.1) is 5.69 Å². The Bertz CT molecular complexity index is 373. The number of hydrogen-bond acceptors (Lipinski definition) is 4. The zero-order chi connectivity index (χ0) is 11.3. The van der Waals surface area contributed by atoms with Gasteiger partial charge < -0.3 is 11.5 Å². The lowest BCUT2D eigenvalue weighted by atomic mass is 10.2. The number of rotatable bonds is 3. The number of hydrogen-bond donors (Lipinski definition) is 3. The number of hydrazine groups is 1. The summed E-state index contributed by atoms with van der Waals surface area (Å²) in [6, 6.07) is 6.91. The van der Waals surface area contributed by atoms with Gasteiger partial charge in [-0.05, 0) is 17.7 Å². The molecular weight excluding hydrogens is 198 g/mol. The van der Waals surface area contributed by atoms with Crippen LogP contribution in [0.4, 0.5) is 5.69 Å². The fourth-order valence-corrected chi connectivity index (χ4v) is 0.964. The van der Waals surface area contributed by atoms with Gasteiger partial charge in [-0.25, -0.2) is 15.1 Å². The molecule has 1 rings (SSSR count). The molecule has 0 unspecified atom stereocenters. The Hall–Kier alpha value is -2.15. The zero-order valence-electron chi connectivity index (χ0n) is 7.88. The Kier molecular flexibility index (Phi) is 3.58. The van der Waals surface area contributed by atoms with E-state index in [1.165, 1.54) is 0 Å². The normalized spacial score (nSPS) is 11.1. The molecule has 1 aromatic rings. The maximum absolute atomic E-state index is 10.0. The molecular formula is C8H11N5O2. The van der Waals surface area contributed by atoms with Gasteiger partial charge in [-0.15, -0.1) is 0 Å². The summed E-state index contributed by atoms with van der Waals surface area (Å²) in [6.45, 7) is 0.437. The molecule has 0 amide bonds. The molecule has 0 aromatic heterocycles. The van der Waals surface area contributed by atoms with Crippen LogP contribution in [0.3, 0.4) is 0 Å². The standard InChI is InChI=1S/C8H11N5O2/c9-5-6-1-3-7(4-2-6)11-8(10)12-13(14)15/h1-4H,5,9H2,(H3,10,11,12). The van der Waals surface area contributed by atoms with Gasteiger partial charge in [0, 0.05) is 6.54 Å². The van der Waals surface area contributed by atoms with Crippen molar-refractivity contribution in [3.8, 4) is 0 Å². The SMILES string of the molecule is NCc1ccc(N=C(N)N[N+](=O)[O-])cc1. The summed E-state index contributed by atoms with van der Waals surface area (Å²) in [5, 5.41) is 9.25. The summed E-state index contributed by atoms with van der Waals surface area (Å²) in [7, 11) is 0. The fraction of sp³-hybridized carbons (Fsp3) is 0.125. The van der Waals surface area contributed by atoms with Gasteiger partial charge in [0.1, 0.15) is 0 Å². The van der Waals surface area contributed by atoms with Crippen molar-refractivity contribution >= 4 is 11.6 Å². The highest BCUT2D eigenvalue weighted by molar-refractivity contribution is 5.79. The Labute approximate surface area is 85.9 Å². The second kappa shape index (κ2) is 4.91. The number of nitro groups is 1. The first-order valence-electron chi connectivity index (χ1n) is 4.16. The van der Waals surface area contributed by atoms with Crippen molar-refractivity contribution in [3.63, 3.8) is 0 Å². The molecule has 0 aliphatic heterocycles. The number of nitrogens with two attached hydrogens (primary N) is 2. The fourth-order valence-electron chi connectivity index (χ4n) is 0.964. The van der Waals surface area contributed by atoms with Gasteiger partial charge in [-0.2, -0.15) is 0 Å². The van der Waals surface area contributed by atoms with E-state index in [0.29, 0.717) is 12.2 Å². The lowest BCUT2D eigenvalue weighted by molar-refractivity contribution is -0.525. The lowest BCUT2D eigenvalue weighted by Gasteiger charge is -1.98. The average molecular weight is 209 g/mol.